The Hall–Kier alpha value is -3.60. The minimum Gasteiger partial charge on any atom is -0.497 e. The Morgan fingerprint density at radius 3 is 2.71 bits per heavy atom. The summed E-state index contributed by atoms with van der Waals surface area (Å²) in [5, 5.41) is 3.25. The number of rotatable bonds is 6. The Morgan fingerprint density at radius 2 is 1.91 bits per heavy atom. The molecule has 0 bridgehead atoms. The fraction of sp³-hybridized carbons (Fsp3) is 0.240. The van der Waals surface area contributed by atoms with E-state index in [-0.39, 0.29) is 17.3 Å². The largest absolute Gasteiger partial charge is 0.497 e. The van der Waals surface area contributed by atoms with Gasteiger partial charge in [-0.05, 0) is 59.2 Å². The smallest absolute Gasteiger partial charge is 0.241 e. The Kier molecular flexibility index (Phi) is 5.87. The number of carbonyl (C=O) groups is 1. The number of anilines is 2. The molecule has 2 heterocycles. The summed E-state index contributed by atoms with van der Waals surface area (Å²) in [5.41, 5.74) is 9.34. The molecule has 35 heavy (non-hydrogen) atoms. The first-order valence-electron chi connectivity index (χ1n) is 11.3. The van der Waals surface area contributed by atoms with Crippen LogP contribution < -0.4 is 26.0 Å². The average molecular weight is 494 g/mol. The minimum absolute atomic E-state index is 0.0968. The molecular weight excluding hydrogens is 466 g/mol. The number of amides is 1. The summed E-state index contributed by atoms with van der Waals surface area (Å²) < 4.78 is 34.0. The van der Waals surface area contributed by atoms with Gasteiger partial charge in [-0.15, -0.1) is 0 Å². The van der Waals surface area contributed by atoms with E-state index in [1.807, 2.05) is 36.4 Å². The second-order valence-electron chi connectivity index (χ2n) is 8.76. The quantitative estimate of drug-likeness (QED) is 0.354. The molecule has 0 unspecified atom stereocenters. The van der Waals surface area contributed by atoms with Crippen LogP contribution in [0.5, 0.6) is 5.75 Å². The van der Waals surface area contributed by atoms with Crippen LogP contribution in [-0.4, -0.2) is 45.5 Å². The van der Waals surface area contributed by atoms with Crippen molar-refractivity contribution in [1.29, 1.82) is 0 Å². The summed E-state index contributed by atoms with van der Waals surface area (Å²) in [4.78, 5) is 14.8. The molecule has 9 nitrogen and oxygen atoms in total. The van der Waals surface area contributed by atoms with E-state index >= 15 is 0 Å². The number of nitrogens with zero attached hydrogens (tertiary/aromatic N) is 2. The lowest BCUT2D eigenvalue weighted by molar-refractivity contribution is -0.129. The number of likely N-dealkylation sites (tertiary alicyclic amines) is 1. The van der Waals surface area contributed by atoms with Crippen molar-refractivity contribution >= 4 is 44.2 Å². The van der Waals surface area contributed by atoms with Gasteiger partial charge in [0.2, 0.25) is 15.9 Å². The number of hydrogen-bond acceptors (Lipinski definition) is 7. The molecule has 1 fully saturated rings. The lowest BCUT2D eigenvalue weighted by atomic mass is 10.0. The number of benzene rings is 3. The van der Waals surface area contributed by atoms with Crippen LogP contribution in [0, 0.1) is 0 Å². The maximum Gasteiger partial charge on any atom is 0.241 e. The zero-order valence-electron chi connectivity index (χ0n) is 19.3. The van der Waals surface area contributed by atoms with Crippen molar-refractivity contribution in [3.63, 3.8) is 0 Å². The number of nitrogens with one attached hydrogen (secondary N) is 1. The van der Waals surface area contributed by atoms with Gasteiger partial charge in [-0.2, -0.15) is 4.72 Å². The average Bonchev–Trinajstić information content (AvgIpc) is 3.17. The molecule has 0 saturated carbocycles. The normalized spacial score (nSPS) is 17.8. The number of fused-ring (bicyclic) bond motifs is 2. The molecule has 3 aromatic carbocycles. The van der Waals surface area contributed by atoms with Gasteiger partial charge in [0.05, 0.1) is 24.2 Å². The van der Waals surface area contributed by atoms with E-state index in [0.29, 0.717) is 30.9 Å². The van der Waals surface area contributed by atoms with Gasteiger partial charge in [-0.1, -0.05) is 24.3 Å². The van der Waals surface area contributed by atoms with Crippen molar-refractivity contribution in [2.75, 3.05) is 30.9 Å². The lowest BCUT2D eigenvalue weighted by Gasteiger charge is -2.25. The Bertz CT molecular complexity index is 1450. The van der Waals surface area contributed by atoms with Crippen molar-refractivity contribution in [1.82, 2.24) is 9.62 Å². The molecule has 2 aliphatic heterocycles. The number of ether oxygens (including phenoxy) is 1. The molecule has 182 valence electrons. The van der Waals surface area contributed by atoms with E-state index in [9.17, 15) is 13.2 Å². The summed E-state index contributed by atoms with van der Waals surface area (Å²) in [6.45, 7) is 1.29. The van der Waals surface area contributed by atoms with Gasteiger partial charge in [-0.3, -0.25) is 4.79 Å². The molecular formula is C25H27N5O4S. The van der Waals surface area contributed by atoms with E-state index in [4.69, 9.17) is 16.3 Å². The second kappa shape index (κ2) is 8.88. The van der Waals surface area contributed by atoms with Crippen molar-refractivity contribution in [3.05, 3.63) is 65.7 Å². The fourth-order valence-corrected chi connectivity index (χ4v) is 5.80. The van der Waals surface area contributed by atoms with Crippen LogP contribution in [0.15, 0.2) is 59.5 Å². The maximum absolute atomic E-state index is 13.1. The van der Waals surface area contributed by atoms with Crippen LogP contribution in [-0.2, 0) is 21.4 Å². The number of carbonyl (C=O) groups excluding carboxylic acids is 1. The van der Waals surface area contributed by atoms with Crippen molar-refractivity contribution in [2.45, 2.75) is 23.9 Å². The molecule has 1 amide bonds. The molecule has 0 spiro atoms. The molecule has 0 aromatic heterocycles. The van der Waals surface area contributed by atoms with Crippen LogP contribution in [0.4, 0.5) is 11.4 Å². The number of methoxy groups -OCH3 is 1. The van der Waals surface area contributed by atoms with Gasteiger partial charge >= 0.3 is 0 Å². The SMILES string of the molecule is COc1ccc2ccc(S(=O)(=O)N[C@H]3CCN(Cc4cc5c(cc4N)C=CCN5N)C3=O)cc2c1. The molecule has 1 atom stereocenters. The summed E-state index contributed by atoms with van der Waals surface area (Å²) >= 11 is 0. The van der Waals surface area contributed by atoms with Crippen LogP contribution in [0.3, 0.4) is 0 Å². The van der Waals surface area contributed by atoms with Gasteiger partial charge in [0.15, 0.2) is 0 Å². The predicted octanol–water partition coefficient (Wildman–Crippen LogP) is 2.22. The monoisotopic (exact) mass is 493 g/mol. The van der Waals surface area contributed by atoms with Crippen molar-refractivity contribution in [2.24, 2.45) is 5.84 Å². The third kappa shape index (κ3) is 4.43. The first-order valence-corrected chi connectivity index (χ1v) is 12.7. The number of sulfonamides is 1. The highest BCUT2D eigenvalue weighted by Crippen LogP contribution is 2.31. The molecule has 3 aromatic rings. The van der Waals surface area contributed by atoms with E-state index in [0.717, 1.165) is 27.6 Å². The highest BCUT2D eigenvalue weighted by atomic mass is 32.2. The number of hydrazine groups is 1. The molecule has 0 aliphatic carbocycles. The van der Waals surface area contributed by atoms with E-state index in [1.54, 1.807) is 35.2 Å². The number of nitrogen functional groups attached to an aromatic ring is 1. The van der Waals surface area contributed by atoms with Gasteiger partial charge in [0, 0.05) is 24.3 Å². The summed E-state index contributed by atoms with van der Waals surface area (Å²) in [5.74, 6) is 6.43. The van der Waals surface area contributed by atoms with E-state index in [2.05, 4.69) is 4.72 Å². The van der Waals surface area contributed by atoms with E-state index in [1.165, 1.54) is 6.07 Å². The van der Waals surface area contributed by atoms with E-state index < -0.39 is 16.1 Å². The minimum atomic E-state index is -3.91. The molecule has 0 radical (unpaired) electrons. The Labute approximate surface area is 204 Å². The summed E-state index contributed by atoms with van der Waals surface area (Å²) in [6.07, 6.45) is 4.29. The molecule has 10 heteroatoms. The molecule has 5 N–H and O–H groups in total. The van der Waals surface area contributed by atoms with Gasteiger partial charge in [0.25, 0.3) is 0 Å². The third-order valence-electron chi connectivity index (χ3n) is 6.48. The van der Waals surface area contributed by atoms with Gasteiger partial charge in [-0.25, -0.2) is 14.3 Å². The van der Waals surface area contributed by atoms with Gasteiger partial charge in [0.1, 0.15) is 11.8 Å². The third-order valence-corrected chi connectivity index (χ3v) is 7.95. The lowest BCUT2D eigenvalue weighted by Crippen LogP contribution is -2.41. The van der Waals surface area contributed by atoms with Gasteiger partial charge < -0.3 is 20.4 Å². The van der Waals surface area contributed by atoms with Crippen molar-refractivity contribution in [3.8, 4) is 5.75 Å². The highest BCUT2D eigenvalue weighted by molar-refractivity contribution is 7.89. The van der Waals surface area contributed by atoms with Crippen LogP contribution in [0.25, 0.3) is 16.8 Å². The maximum atomic E-state index is 13.1. The first-order chi connectivity index (χ1) is 16.7. The standard InChI is InChI=1S/C25H27N5O4S/c1-34-20-6-4-16-5-7-21(12-18(16)11-20)35(32,33)28-23-8-10-29(25(23)31)15-19-14-24-17(13-22(19)26)3-2-9-30(24)27/h2-7,11-14,23,28H,8-10,15,26-27H2,1H3/t23-/m0/s1. The molecule has 2 aliphatic rings. The molecule has 1 saturated heterocycles. The number of nitrogens with two attached hydrogens (primary N) is 2. The van der Waals surface area contributed by atoms with Crippen molar-refractivity contribution < 1.29 is 17.9 Å². The first kappa shape index (κ1) is 23.2. The Morgan fingerprint density at radius 1 is 1.11 bits per heavy atom. The zero-order chi connectivity index (χ0) is 24.7. The molecule has 5 rings (SSSR count). The number of hydrogen-bond donors (Lipinski definition) is 3. The van der Waals surface area contributed by atoms with Crippen LogP contribution >= 0.6 is 0 Å². The topological polar surface area (TPSA) is 131 Å². The highest BCUT2D eigenvalue weighted by Gasteiger charge is 2.35. The second-order valence-corrected chi connectivity index (χ2v) is 10.5. The fourth-order valence-electron chi connectivity index (χ4n) is 4.54. The predicted molar refractivity (Wildman–Crippen MR) is 136 cm³/mol. The zero-order valence-corrected chi connectivity index (χ0v) is 20.1. The Balaban J connectivity index is 1.32. The van der Waals surface area contributed by atoms with Crippen LogP contribution in [0.2, 0.25) is 0 Å². The summed E-state index contributed by atoms with van der Waals surface area (Å²) in [7, 11) is -2.35. The van der Waals surface area contributed by atoms with Crippen LogP contribution in [0.1, 0.15) is 17.5 Å². The summed E-state index contributed by atoms with van der Waals surface area (Å²) in [6, 6.07) is 13.2.